The molecule has 0 aliphatic rings. The van der Waals surface area contributed by atoms with Crippen molar-refractivity contribution in [3.8, 4) is 0 Å². The molecule has 0 radical (unpaired) electrons. The molecule has 3 aromatic rings. The predicted molar refractivity (Wildman–Crippen MR) is 126 cm³/mol. The number of halogens is 2. The Balaban J connectivity index is 1.82. The number of carbonyl (C=O) groups is 1. The normalized spacial score (nSPS) is 13.9. The first-order valence-corrected chi connectivity index (χ1v) is 12.4. The Bertz CT molecular complexity index is 1040. The topological polar surface area (TPSA) is 81.4 Å². The van der Waals surface area contributed by atoms with Crippen molar-refractivity contribution in [1.29, 1.82) is 0 Å². The number of nitrogens with one attached hydrogen (secondary N) is 1. The van der Waals surface area contributed by atoms with Crippen LogP contribution in [0.2, 0.25) is 10.0 Å². The van der Waals surface area contributed by atoms with Crippen LogP contribution in [0.15, 0.2) is 22.5 Å². The Morgan fingerprint density at radius 1 is 1.29 bits per heavy atom. The number of aromatic nitrogens is 4. The molecule has 0 spiro atoms. The molecule has 0 aliphatic carbocycles. The molecule has 1 aromatic carbocycles. The quantitative estimate of drug-likeness (QED) is 0.377. The molecule has 3 rings (SSSR count). The maximum Gasteiger partial charge on any atom is 0.408 e. The van der Waals surface area contributed by atoms with E-state index in [4.69, 9.17) is 27.9 Å². The molecule has 2 heterocycles. The summed E-state index contributed by atoms with van der Waals surface area (Å²) in [5, 5.41) is 17.4. The van der Waals surface area contributed by atoms with Crippen molar-refractivity contribution in [3.05, 3.63) is 39.6 Å². The lowest BCUT2D eigenvalue weighted by atomic mass is 9.99. The van der Waals surface area contributed by atoms with Crippen LogP contribution in [-0.4, -0.2) is 31.5 Å². The maximum atomic E-state index is 12.4. The molecular formula is C20H25Cl2N5O2S2. The molecule has 0 saturated carbocycles. The lowest BCUT2D eigenvalue weighted by Gasteiger charge is -2.25. The first kappa shape index (κ1) is 24.1. The van der Waals surface area contributed by atoms with E-state index >= 15 is 0 Å². The fourth-order valence-corrected chi connectivity index (χ4v) is 5.43. The largest absolute Gasteiger partial charge is 0.444 e. The Kier molecular flexibility index (Phi) is 7.72. The van der Waals surface area contributed by atoms with Gasteiger partial charge in [-0.15, -0.1) is 15.3 Å². The van der Waals surface area contributed by atoms with Gasteiger partial charge in [0, 0.05) is 15.8 Å². The fraction of sp³-hybridized carbons (Fsp3) is 0.500. The lowest BCUT2D eigenvalue weighted by Crippen LogP contribution is -2.38. The molecule has 31 heavy (non-hydrogen) atoms. The summed E-state index contributed by atoms with van der Waals surface area (Å²) >= 11 is 15.5. The number of fused-ring (bicyclic) bond motifs is 1. The van der Waals surface area contributed by atoms with E-state index in [0.717, 1.165) is 16.3 Å². The number of hydrogen-bond acceptors (Lipinski definition) is 7. The molecular weight excluding hydrogens is 477 g/mol. The van der Waals surface area contributed by atoms with Crippen molar-refractivity contribution in [3.63, 3.8) is 0 Å². The molecule has 0 saturated heterocycles. The Morgan fingerprint density at radius 3 is 2.58 bits per heavy atom. The molecule has 1 amide bonds. The van der Waals surface area contributed by atoms with Crippen LogP contribution in [0.3, 0.4) is 0 Å². The standard InChI is InChI=1S/C20H25Cl2N5O2S2/c1-6-11(2)15(23-18(28)29-20(3,4)5)16-24-25-17-27(16)26-19(31-17)30-10-12-13(21)8-7-9-14(12)22/h7-9,11,15H,6,10H2,1-5H3,(H,23,28). The maximum absolute atomic E-state index is 12.4. The molecule has 0 aliphatic heterocycles. The van der Waals surface area contributed by atoms with Gasteiger partial charge in [0.05, 0.1) is 6.04 Å². The van der Waals surface area contributed by atoms with Crippen LogP contribution in [-0.2, 0) is 10.5 Å². The van der Waals surface area contributed by atoms with Crippen LogP contribution in [0.5, 0.6) is 0 Å². The minimum atomic E-state index is -0.589. The number of ether oxygens (including phenoxy) is 1. The zero-order valence-corrected chi connectivity index (χ0v) is 21.1. The summed E-state index contributed by atoms with van der Waals surface area (Å²) in [4.78, 5) is 13.1. The summed E-state index contributed by atoms with van der Waals surface area (Å²) in [6, 6.07) is 5.08. The third-order valence-corrected chi connectivity index (χ3v) is 7.33. The van der Waals surface area contributed by atoms with E-state index < -0.39 is 11.7 Å². The summed E-state index contributed by atoms with van der Waals surface area (Å²) < 4.78 is 7.93. The zero-order valence-electron chi connectivity index (χ0n) is 18.0. The van der Waals surface area contributed by atoms with Gasteiger partial charge in [0.25, 0.3) is 0 Å². The molecule has 0 bridgehead atoms. The van der Waals surface area contributed by atoms with E-state index in [1.807, 2.05) is 45.9 Å². The first-order valence-electron chi connectivity index (χ1n) is 9.86. The van der Waals surface area contributed by atoms with E-state index in [-0.39, 0.29) is 12.0 Å². The number of carbonyl (C=O) groups excluding carboxylic acids is 1. The van der Waals surface area contributed by atoms with Crippen molar-refractivity contribution < 1.29 is 9.53 Å². The van der Waals surface area contributed by atoms with Gasteiger partial charge in [0.2, 0.25) is 4.96 Å². The molecule has 2 unspecified atom stereocenters. The van der Waals surface area contributed by atoms with Crippen LogP contribution in [0, 0.1) is 5.92 Å². The highest BCUT2D eigenvalue weighted by Crippen LogP contribution is 2.34. The highest BCUT2D eigenvalue weighted by molar-refractivity contribution is 8.00. The Hall–Kier alpha value is -1.55. The molecule has 2 aromatic heterocycles. The fourth-order valence-electron chi connectivity index (χ4n) is 2.80. The van der Waals surface area contributed by atoms with Crippen LogP contribution in [0.25, 0.3) is 4.96 Å². The van der Waals surface area contributed by atoms with E-state index in [1.165, 1.54) is 23.1 Å². The average molecular weight is 502 g/mol. The number of nitrogens with zero attached hydrogens (tertiary/aromatic N) is 4. The summed E-state index contributed by atoms with van der Waals surface area (Å²) in [6.45, 7) is 9.59. The van der Waals surface area contributed by atoms with E-state index in [0.29, 0.717) is 26.6 Å². The van der Waals surface area contributed by atoms with Gasteiger partial charge in [-0.2, -0.15) is 4.52 Å². The molecule has 1 N–H and O–H groups in total. The molecule has 2 atom stereocenters. The summed E-state index contributed by atoms with van der Waals surface area (Å²) in [7, 11) is 0. The van der Waals surface area contributed by atoms with Gasteiger partial charge < -0.3 is 10.1 Å². The van der Waals surface area contributed by atoms with Crippen molar-refractivity contribution >= 4 is 57.4 Å². The van der Waals surface area contributed by atoms with E-state index in [9.17, 15) is 4.79 Å². The van der Waals surface area contributed by atoms with Crippen molar-refractivity contribution in [2.24, 2.45) is 5.92 Å². The highest BCUT2D eigenvalue weighted by atomic mass is 35.5. The van der Waals surface area contributed by atoms with Crippen molar-refractivity contribution in [2.45, 2.75) is 62.8 Å². The van der Waals surface area contributed by atoms with Crippen LogP contribution in [0.4, 0.5) is 4.79 Å². The SMILES string of the molecule is CCC(C)C(NC(=O)OC(C)(C)C)c1nnc2sc(SCc3c(Cl)cccc3Cl)nn12. The smallest absolute Gasteiger partial charge is 0.408 e. The number of amides is 1. The van der Waals surface area contributed by atoms with Crippen LogP contribution >= 0.6 is 46.3 Å². The monoisotopic (exact) mass is 501 g/mol. The minimum absolute atomic E-state index is 0.111. The highest BCUT2D eigenvalue weighted by Gasteiger charge is 2.29. The summed E-state index contributed by atoms with van der Waals surface area (Å²) in [6.07, 6.45) is 0.347. The summed E-state index contributed by atoms with van der Waals surface area (Å²) in [5.41, 5.74) is 0.278. The van der Waals surface area contributed by atoms with Gasteiger partial charge in [-0.05, 0) is 44.4 Å². The third kappa shape index (κ3) is 6.03. The van der Waals surface area contributed by atoms with Gasteiger partial charge in [-0.3, -0.25) is 0 Å². The minimum Gasteiger partial charge on any atom is -0.444 e. The lowest BCUT2D eigenvalue weighted by molar-refractivity contribution is 0.0482. The van der Waals surface area contributed by atoms with Crippen LogP contribution < -0.4 is 5.32 Å². The zero-order chi connectivity index (χ0) is 22.8. The van der Waals surface area contributed by atoms with Crippen molar-refractivity contribution in [1.82, 2.24) is 25.1 Å². The second kappa shape index (κ2) is 9.94. The van der Waals surface area contributed by atoms with Gasteiger partial charge >= 0.3 is 6.09 Å². The number of rotatable bonds is 7. The summed E-state index contributed by atoms with van der Waals surface area (Å²) in [5.74, 6) is 1.27. The van der Waals surface area contributed by atoms with Gasteiger partial charge in [0.1, 0.15) is 5.60 Å². The van der Waals surface area contributed by atoms with Gasteiger partial charge in [-0.25, -0.2) is 4.79 Å². The molecule has 7 nitrogen and oxygen atoms in total. The number of benzene rings is 1. The number of hydrogen-bond donors (Lipinski definition) is 1. The van der Waals surface area contributed by atoms with Crippen LogP contribution in [0.1, 0.15) is 58.5 Å². The Labute approximate surface area is 199 Å². The molecule has 168 valence electrons. The number of thioether (sulfide) groups is 1. The van der Waals surface area contributed by atoms with Gasteiger partial charge in [0.15, 0.2) is 10.2 Å². The average Bonchev–Trinajstić information content (AvgIpc) is 3.24. The van der Waals surface area contributed by atoms with E-state index in [1.54, 1.807) is 4.52 Å². The first-order chi connectivity index (χ1) is 14.6. The number of alkyl carbamates (subject to hydrolysis) is 1. The van der Waals surface area contributed by atoms with Gasteiger partial charge in [-0.1, -0.05) is 72.6 Å². The third-order valence-electron chi connectivity index (χ3n) is 4.56. The molecule has 0 fully saturated rings. The molecule has 11 heteroatoms. The second-order valence-electron chi connectivity index (χ2n) is 8.12. The Morgan fingerprint density at radius 2 is 1.97 bits per heavy atom. The van der Waals surface area contributed by atoms with Crippen molar-refractivity contribution in [2.75, 3.05) is 0 Å². The predicted octanol–water partition coefficient (Wildman–Crippen LogP) is 6.40. The van der Waals surface area contributed by atoms with E-state index in [2.05, 4.69) is 27.5 Å². The second-order valence-corrected chi connectivity index (χ2v) is 11.1.